The quantitative estimate of drug-likeness (QED) is 0.653. The fourth-order valence-electron chi connectivity index (χ4n) is 3.70. The number of carbonyl (C=O) groups is 2. The molecule has 7 nitrogen and oxygen atoms in total. The van der Waals surface area contributed by atoms with Gasteiger partial charge in [-0.1, -0.05) is 26.0 Å². The van der Waals surface area contributed by atoms with Crippen molar-refractivity contribution in [2.75, 3.05) is 39.3 Å². The van der Waals surface area contributed by atoms with Crippen molar-refractivity contribution in [3.63, 3.8) is 0 Å². The summed E-state index contributed by atoms with van der Waals surface area (Å²) in [6, 6.07) is 12.7. The molecule has 1 aliphatic heterocycles. The molecule has 3 rings (SSSR count). The molecule has 1 heterocycles. The molecular formula is C25H32N2O5. The third kappa shape index (κ3) is 5.79. The molecule has 2 aromatic rings. The van der Waals surface area contributed by atoms with Crippen molar-refractivity contribution in [3.05, 3.63) is 53.6 Å². The number of hydrogen-bond donors (Lipinski definition) is 2. The van der Waals surface area contributed by atoms with Crippen molar-refractivity contribution < 1.29 is 23.8 Å². The maximum Gasteiger partial charge on any atom is 0.255 e. The highest BCUT2D eigenvalue weighted by atomic mass is 16.5. The van der Waals surface area contributed by atoms with Gasteiger partial charge in [-0.2, -0.15) is 0 Å². The van der Waals surface area contributed by atoms with E-state index in [4.69, 9.17) is 14.2 Å². The monoisotopic (exact) mass is 440 g/mol. The molecule has 0 bridgehead atoms. The summed E-state index contributed by atoms with van der Waals surface area (Å²) in [7, 11) is 3.09. The fraction of sp³-hybridized carbons (Fsp3) is 0.440. The minimum atomic E-state index is -0.243. The van der Waals surface area contributed by atoms with Gasteiger partial charge in [0.15, 0.2) is 11.5 Å². The van der Waals surface area contributed by atoms with Crippen LogP contribution in [0.2, 0.25) is 0 Å². The van der Waals surface area contributed by atoms with Crippen LogP contribution in [0, 0.1) is 5.92 Å². The zero-order valence-corrected chi connectivity index (χ0v) is 19.2. The molecule has 0 saturated carbocycles. The molecule has 1 fully saturated rings. The van der Waals surface area contributed by atoms with Crippen LogP contribution in [0.25, 0.3) is 0 Å². The number of anilines is 1. The van der Waals surface area contributed by atoms with Gasteiger partial charge in [0.2, 0.25) is 5.91 Å². The van der Waals surface area contributed by atoms with E-state index in [0.717, 1.165) is 18.4 Å². The maximum atomic E-state index is 12.6. The number of benzene rings is 2. The second kappa shape index (κ2) is 10.5. The summed E-state index contributed by atoms with van der Waals surface area (Å²) in [4.78, 5) is 25.1. The normalized spacial score (nSPS) is 14.5. The summed E-state index contributed by atoms with van der Waals surface area (Å²) in [6.07, 6.45) is 1.56. The minimum absolute atomic E-state index is 0.0358. The van der Waals surface area contributed by atoms with Crippen LogP contribution in [0.5, 0.6) is 11.5 Å². The molecule has 0 spiro atoms. The van der Waals surface area contributed by atoms with Gasteiger partial charge in [-0.3, -0.25) is 9.59 Å². The minimum Gasteiger partial charge on any atom is -0.493 e. The van der Waals surface area contributed by atoms with Gasteiger partial charge in [0.05, 0.1) is 14.2 Å². The first kappa shape index (κ1) is 23.6. The molecule has 2 N–H and O–H groups in total. The van der Waals surface area contributed by atoms with Gasteiger partial charge in [0.25, 0.3) is 5.91 Å². The van der Waals surface area contributed by atoms with E-state index >= 15 is 0 Å². The Morgan fingerprint density at radius 1 is 1.00 bits per heavy atom. The summed E-state index contributed by atoms with van der Waals surface area (Å²) in [5.41, 5.74) is 2.00. The Kier molecular flexibility index (Phi) is 7.75. The molecule has 0 radical (unpaired) electrons. The van der Waals surface area contributed by atoms with Crippen molar-refractivity contribution in [2.24, 2.45) is 5.92 Å². The molecule has 1 saturated heterocycles. The lowest BCUT2D eigenvalue weighted by atomic mass is 9.84. The number of amides is 2. The van der Waals surface area contributed by atoms with Crippen LogP contribution in [-0.4, -0.2) is 45.8 Å². The molecule has 7 heteroatoms. The predicted octanol–water partition coefficient (Wildman–Crippen LogP) is 3.78. The van der Waals surface area contributed by atoms with Gasteiger partial charge in [-0.15, -0.1) is 0 Å². The number of rotatable bonds is 8. The first-order valence-corrected chi connectivity index (χ1v) is 10.8. The highest BCUT2D eigenvalue weighted by molar-refractivity contribution is 6.04. The third-order valence-electron chi connectivity index (χ3n) is 5.87. The highest BCUT2D eigenvalue weighted by Crippen LogP contribution is 2.28. The summed E-state index contributed by atoms with van der Waals surface area (Å²) in [6.45, 7) is 6.03. The Morgan fingerprint density at radius 3 is 2.28 bits per heavy atom. The van der Waals surface area contributed by atoms with Crippen molar-refractivity contribution in [2.45, 2.75) is 32.1 Å². The summed E-state index contributed by atoms with van der Waals surface area (Å²) < 4.78 is 15.8. The second-order valence-electron chi connectivity index (χ2n) is 8.59. The van der Waals surface area contributed by atoms with Crippen molar-refractivity contribution in [3.8, 4) is 11.5 Å². The van der Waals surface area contributed by atoms with Crippen LogP contribution in [0.15, 0.2) is 42.5 Å². The van der Waals surface area contributed by atoms with Crippen molar-refractivity contribution in [1.82, 2.24) is 5.32 Å². The first-order chi connectivity index (χ1) is 15.3. The highest BCUT2D eigenvalue weighted by Gasteiger charge is 2.25. The van der Waals surface area contributed by atoms with E-state index < -0.39 is 0 Å². The van der Waals surface area contributed by atoms with Gasteiger partial charge < -0.3 is 24.8 Å². The molecule has 0 aromatic heterocycles. The van der Waals surface area contributed by atoms with Crippen LogP contribution < -0.4 is 20.1 Å². The van der Waals surface area contributed by atoms with Crippen LogP contribution in [0.1, 0.15) is 42.6 Å². The standard InChI is InChI=1S/C25H32N2O5/c1-25(2,16-26-23(28)17-11-13-32-14-12-17)19-6-8-20(9-7-19)27-24(29)18-5-10-21(30-3)22(15-18)31-4/h5-10,15,17H,11-14,16H2,1-4H3,(H,26,28)(H,27,29). The molecule has 2 aromatic carbocycles. The first-order valence-electron chi connectivity index (χ1n) is 10.8. The number of ether oxygens (including phenoxy) is 3. The number of nitrogens with one attached hydrogen (secondary N) is 2. The zero-order valence-electron chi connectivity index (χ0n) is 19.2. The van der Waals surface area contributed by atoms with Crippen LogP contribution in [-0.2, 0) is 14.9 Å². The van der Waals surface area contributed by atoms with Gasteiger partial charge in [0, 0.05) is 42.3 Å². The number of hydrogen-bond acceptors (Lipinski definition) is 5. The van der Waals surface area contributed by atoms with E-state index in [-0.39, 0.29) is 23.1 Å². The van der Waals surface area contributed by atoms with Crippen molar-refractivity contribution in [1.29, 1.82) is 0 Å². The Hall–Kier alpha value is -3.06. The Labute approximate surface area is 189 Å². The molecule has 172 valence electrons. The second-order valence-corrected chi connectivity index (χ2v) is 8.59. The molecule has 0 atom stereocenters. The smallest absolute Gasteiger partial charge is 0.255 e. The van der Waals surface area contributed by atoms with Gasteiger partial charge >= 0.3 is 0 Å². The zero-order chi connectivity index (χ0) is 23.1. The van der Waals surface area contributed by atoms with Crippen LogP contribution in [0.3, 0.4) is 0 Å². The van der Waals surface area contributed by atoms with E-state index in [1.165, 1.54) is 7.11 Å². The van der Waals surface area contributed by atoms with Crippen molar-refractivity contribution >= 4 is 17.5 Å². The van der Waals surface area contributed by atoms with Gasteiger partial charge in [-0.25, -0.2) is 0 Å². The third-order valence-corrected chi connectivity index (χ3v) is 5.87. The lowest BCUT2D eigenvalue weighted by Crippen LogP contribution is -2.41. The molecule has 1 aliphatic rings. The maximum absolute atomic E-state index is 12.6. The van der Waals surface area contributed by atoms with E-state index in [1.54, 1.807) is 25.3 Å². The Bertz CT molecular complexity index is 934. The number of carbonyl (C=O) groups excluding carboxylic acids is 2. The molecular weight excluding hydrogens is 408 g/mol. The van der Waals surface area contributed by atoms with E-state index in [1.807, 2.05) is 24.3 Å². The average Bonchev–Trinajstić information content (AvgIpc) is 2.83. The lowest BCUT2D eigenvalue weighted by Gasteiger charge is -2.28. The predicted molar refractivity (Wildman–Crippen MR) is 124 cm³/mol. The molecule has 32 heavy (non-hydrogen) atoms. The average molecular weight is 441 g/mol. The summed E-state index contributed by atoms with van der Waals surface area (Å²) >= 11 is 0. The largest absolute Gasteiger partial charge is 0.493 e. The van der Waals surface area contributed by atoms with E-state index in [2.05, 4.69) is 24.5 Å². The van der Waals surface area contributed by atoms with Crippen LogP contribution >= 0.6 is 0 Å². The summed E-state index contributed by atoms with van der Waals surface area (Å²) in [5.74, 6) is 0.968. The molecule has 2 amide bonds. The van der Waals surface area contributed by atoms with Gasteiger partial charge in [-0.05, 0) is 48.7 Å². The Balaban J connectivity index is 1.59. The Morgan fingerprint density at radius 2 is 1.66 bits per heavy atom. The van der Waals surface area contributed by atoms with Gasteiger partial charge in [0.1, 0.15) is 0 Å². The fourth-order valence-corrected chi connectivity index (χ4v) is 3.70. The van der Waals surface area contributed by atoms with E-state index in [0.29, 0.717) is 42.5 Å². The SMILES string of the molecule is COc1ccc(C(=O)Nc2ccc(C(C)(C)CNC(=O)C3CCOCC3)cc2)cc1OC. The summed E-state index contributed by atoms with van der Waals surface area (Å²) in [5, 5.41) is 6.00. The van der Waals surface area contributed by atoms with E-state index in [9.17, 15) is 9.59 Å². The topological polar surface area (TPSA) is 85.9 Å². The molecule has 0 unspecified atom stereocenters. The lowest BCUT2D eigenvalue weighted by molar-refractivity contribution is -0.128. The molecule has 0 aliphatic carbocycles. The van der Waals surface area contributed by atoms with Crippen LogP contribution in [0.4, 0.5) is 5.69 Å². The number of methoxy groups -OCH3 is 2.